The summed E-state index contributed by atoms with van der Waals surface area (Å²) in [5.74, 6) is 0. The molecule has 2 heteroatoms. The minimum Gasteiger partial charge on any atom is -0.391 e. The van der Waals surface area contributed by atoms with Crippen LogP contribution in [0.15, 0.2) is 24.3 Å². The van der Waals surface area contributed by atoms with Crippen molar-refractivity contribution in [1.29, 1.82) is 0 Å². The van der Waals surface area contributed by atoms with Gasteiger partial charge in [0, 0.05) is 12.1 Å². The molecule has 0 unspecified atom stereocenters. The van der Waals surface area contributed by atoms with Crippen molar-refractivity contribution >= 4 is 5.69 Å². The van der Waals surface area contributed by atoms with E-state index in [1.54, 1.807) is 0 Å². The molecule has 2 N–H and O–H groups in total. The second kappa shape index (κ2) is 3.53. The third kappa shape index (κ3) is 2.00. The molecule has 0 amide bonds. The molecular formula is C13H19NO. The van der Waals surface area contributed by atoms with Gasteiger partial charge in [0.2, 0.25) is 0 Å². The molecule has 1 aliphatic heterocycles. The Morgan fingerprint density at radius 1 is 1.27 bits per heavy atom. The molecule has 15 heavy (non-hydrogen) atoms. The van der Waals surface area contributed by atoms with E-state index in [1.165, 1.54) is 11.3 Å². The Morgan fingerprint density at radius 2 is 1.93 bits per heavy atom. The van der Waals surface area contributed by atoms with Crippen molar-refractivity contribution in [2.24, 2.45) is 5.41 Å². The second-order valence-corrected chi connectivity index (χ2v) is 5.42. The first-order chi connectivity index (χ1) is 6.98. The number of rotatable bonds is 0. The van der Waals surface area contributed by atoms with Gasteiger partial charge in [0.05, 0.1) is 12.1 Å². The van der Waals surface area contributed by atoms with Gasteiger partial charge in [-0.1, -0.05) is 39.0 Å². The van der Waals surface area contributed by atoms with E-state index >= 15 is 0 Å². The lowest BCUT2D eigenvalue weighted by molar-refractivity contribution is 0.0987. The normalized spacial score (nSPS) is 25.6. The highest BCUT2D eigenvalue weighted by Gasteiger charge is 2.34. The quantitative estimate of drug-likeness (QED) is 0.682. The average Bonchev–Trinajstić information content (AvgIpc) is 2.15. The summed E-state index contributed by atoms with van der Waals surface area (Å²) in [4.78, 5) is 0. The first-order valence-corrected chi connectivity index (χ1v) is 5.51. The molecule has 0 radical (unpaired) electrons. The lowest BCUT2D eigenvalue weighted by atomic mass is 9.79. The van der Waals surface area contributed by atoms with Crippen LogP contribution in [0.25, 0.3) is 0 Å². The van der Waals surface area contributed by atoms with E-state index in [1.807, 2.05) is 12.1 Å². The minimum absolute atomic E-state index is 0.0763. The van der Waals surface area contributed by atoms with Gasteiger partial charge in [-0.3, -0.25) is 0 Å². The van der Waals surface area contributed by atoms with Gasteiger partial charge in [0.15, 0.2) is 0 Å². The Kier molecular flexibility index (Phi) is 2.47. The highest BCUT2D eigenvalue weighted by Crippen LogP contribution is 2.32. The molecule has 0 aromatic heterocycles. The first-order valence-electron chi connectivity index (χ1n) is 5.51. The van der Waals surface area contributed by atoms with Crippen LogP contribution in [-0.4, -0.2) is 17.3 Å². The van der Waals surface area contributed by atoms with Crippen LogP contribution in [-0.2, 0) is 6.42 Å². The number of nitrogens with one attached hydrogen (secondary N) is 1. The highest BCUT2D eigenvalue weighted by atomic mass is 16.3. The fraction of sp³-hybridized carbons (Fsp3) is 0.538. The minimum atomic E-state index is -0.292. The Morgan fingerprint density at radius 3 is 2.60 bits per heavy atom. The van der Waals surface area contributed by atoms with Crippen molar-refractivity contribution in [1.82, 2.24) is 0 Å². The fourth-order valence-electron chi connectivity index (χ4n) is 2.24. The van der Waals surface area contributed by atoms with E-state index in [0.29, 0.717) is 0 Å². The van der Waals surface area contributed by atoms with Crippen molar-refractivity contribution in [3.63, 3.8) is 0 Å². The monoisotopic (exact) mass is 205 g/mol. The van der Waals surface area contributed by atoms with E-state index in [2.05, 4.69) is 38.2 Å². The molecular weight excluding hydrogens is 186 g/mol. The number of anilines is 1. The SMILES string of the molecule is CC(C)(C)[C@@H]1Nc2ccccc2C[C@H]1O. The first kappa shape index (κ1) is 10.5. The van der Waals surface area contributed by atoms with Crippen molar-refractivity contribution in [3.8, 4) is 0 Å². The number of hydrogen-bond donors (Lipinski definition) is 2. The van der Waals surface area contributed by atoms with Gasteiger partial charge < -0.3 is 10.4 Å². The van der Waals surface area contributed by atoms with Crippen molar-refractivity contribution in [3.05, 3.63) is 29.8 Å². The summed E-state index contributed by atoms with van der Waals surface area (Å²) in [6.07, 6.45) is 0.463. The van der Waals surface area contributed by atoms with Gasteiger partial charge in [-0.15, -0.1) is 0 Å². The topological polar surface area (TPSA) is 32.3 Å². The Bertz CT molecular complexity index is 354. The maximum absolute atomic E-state index is 10.1. The molecule has 0 saturated heterocycles. The molecule has 1 aromatic carbocycles. The van der Waals surface area contributed by atoms with Gasteiger partial charge in [-0.05, 0) is 17.0 Å². The maximum atomic E-state index is 10.1. The molecule has 2 rings (SSSR count). The summed E-state index contributed by atoms with van der Waals surface area (Å²) in [7, 11) is 0. The molecule has 0 bridgehead atoms. The molecule has 1 aromatic rings. The smallest absolute Gasteiger partial charge is 0.0787 e. The third-order valence-corrected chi connectivity index (χ3v) is 3.08. The van der Waals surface area contributed by atoms with Crippen LogP contribution >= 0.6 is 0 Å². The lowest BCUT2D eigenvalue weighted by Crippen LogP contribution is -2.47. The molecule has 1 aliphatic rings. The van der Waals surface area contributed by atoms with Crippen molar-refractivity contribution in [2.45, 2.75) is 39.3 Å². The Labute approximate surface area is 91.3 Å². The van der Waals surface area contributed by atoms with Crippen molar-refractivity contribution in [2.75, 3.05) is 5.32 Å². The molecule has 2 nitrogen and oxygen atoms in total. The fourth-order valence-corrected chi connectivity index (χ4v) is 2.24. The molecule has 0 aliphatic carbocycles. The van der Waals surface area contributed by atoms with Gasteiger partial charge in [0.25, 0.3) is 0 Å². The van der Waals surface area contributed by atoms with E-state index in [4.69, 9.17) is 0 Å². The summed E-state index contributed by atoms with van der Waals surface area (Å²) < 4.78 is 0. The van der Waals surface area contributed by atoms with Gasteiger partial charge in [0.1, 0.15) is 0 Å². The van der Waals surface area contributed by atoms with E-state index in [9.17, 15) is 5.11 Å². The zero-order valence-electron chi connectivity index (χ0n) is 9.62. The third-order valence-electron chi connectivity index (χ3n) is 3.08. The Hall–Kier alpha value is -1.02. The zero-order valence-corrected chi connectivity index (χ0v) is 9.62. The van der Waals surface area contributed by atoms with Crippen LogP contribution in [0.1, 0.15) is 26.3 Å². The lowest BCUT2D eigenvalue weighted by Gasteiger charge is -2.40. The summed E-state index contributed by atoms with van der Waals surface area (Å²) in [5, 5.41) is 13.5. The van der Waals surface area contributed by atoms with Crippen molar-refractivity contribution < 1.29 is 5.11 Å². The van der Waals surface area contributed by atoms with Crippen LogP contribution in [0, 0.1) is 5.41 Å². The Balaban J connectivity index is 2.30. The van der Waals surface area contributed by atoms with Crippen LogP contribution in [0.3, 0.4) is 0 Å². The summed E-state index contributed by atoms with van der Waals surface area (Å²) in [5.41, 5.74) is 2.46. The molecule has 1 heterocycles. The second-order valence-electron chi connectivity index (χ2n) is 5.42. The standard InChI is InChI=1S/C13H19NO/c1-13(2,3)12-11(15)8-9-6-4-5-7-10(9)14-12/h4-7,11-12,14-15H,8H2,1-3H3/t11-,12-/m1/s1. The van der Waals surface area contributed by atoms with E-state index in [0.717, 1.165) is 6.42 Å². The number of hydrogen-bond acceptors (Lipinski definition) is 2. The van der Waals surface area contributed by atoms with E-state index in [-0.39, 0.29) is 17.6 Å². The largest absolute Gasteiger partial charge is 0.391 e. The maximum Gasteiger partial charge on any atom is 0.0787 e. The number of fused-ring (bicyclic) bond motifs is 1. The number of benzene rings is 1. The molecule has 2 atom stereocenters. The zero-order chi connectivity index (χ0) is 11.1. The number of para-hydroxylation sites is 1. The number of aliphatic hydroxyl groups is 1. The summed E-state index contributed by atoms with van der Waals surface area (Å²) in [6.45, 7) is 6.46. The predicted octanol–water partition coefficient (Wildman–Crippen LogP) is 2.43. The highest BCUT2D eigenvalue weighted by molar-refractivity contribution is 5.54. The van der Waals surface area contributed by atoms with Crippen LogP contribution < -0.4 is 5.32 Å². The molecule has 0 saturated carbocycles. The van der Waals surface area contributed by atoms with Crippen LogP contribution in [0.5, 0.6) is 0 Å². The van der Waals surface area contributed by atoms with Crippen LogP contribution in [0.4, 0.5) is 5.69 Å². The molecule has 0 fully saturated rings. The molecule has 82 valence electrons. The van der Waals surface area contributed by atoms with Crippen LogP contribution in [0.2, 0.25) is 0 Å². The summed E-state index contributed by atoms with van der Waals surface area (Å²) >= 11 is 0. The van der Waals surface area contributed by atoms with Gasteiger partial charge in [-0.2, -0.15) is 0 Å². The van der Waals surface area contributed by atoms with Gasteiger partial charge >= 0.3 is 0 Å². The van der Waals surface area contributed by atoms with Gasteiger partial charge in [-0.25, -0.2) is 0 Å². The average molecular weight is 205 g/mol. The predicted molar refractivity (Wildman–Crippen MR) is 63.0 cm³/mol. The number of aliphatic hydroxyl groups excluding tert-OH is 1. The molecule has 0 spiro atoms. The van der Waals surface area contributed by atoms with E-state index < -0.39 is 0 Å². The summed E-state index contributed by atoms with van der Waals surface area (Å²) in [6, 6.07) is 8.34.